The molecule has 1 heterocycles. The minimum Gasteiger partial charge on any atom is -0.397 e. The lowest BCUT2D eigenvalue weighted by Gasteiger charge is -1.99. The number of amides is 1. The number of hydrogen-bond donors (Lipinski definition) is 2. The van der Waals surface area contributed by atoms with E-state index in [9.17, 15) is 4.79 Å². The third kappa shape index (κ3) is 1.58. The monoisotopic (exact) mass is 184 g/mol. The summed E-state index contributed by atoms with van der Waals surface area (Å²) in [7, 11) is 0. The van der Waals surface area contributed by atoms with Gasteiger partial charge < -0.3 is 11.1 Å². The Kier molecular flexibility index (Phi) is 2.70. The van der Waals surface area contributed by atoms with Crippen LogP contribution in [0.4, 0.5) is 5.69 Å². The quantitative estimate of drug-likeness (QED) is 0.729. The molecule has 0 unspecified atom stereocenters. The highest BCUT2D eigenvalue weighted by Crippen LogP contribution is 2.23. The molecule has 0 aliphatic carbocycles. The number of hydrogen-bond acceptors (Lipinski definition) is 3. The average Bonchev–Trinajstić information content (AvgIpc) is 2.34. The topological polar surface area (TPSA) is 55.1 Å². The van der Waals surface area contributed by atoms with Crippen LogP contribution in [0.2, 0.25) is 0 Å². The van der Waals surface area contributed by atoms with Crippen molar-refractivity contribution in [1.29, 1.82) is 0 Å². The van der Waals surface area contributed by atoms with Gasteiger partial charge in [-0.1, -0.05) is 0 Å². The molecular weight excluding hydrogens is 172 g/mol. The van der Waals surface area contributed by atoms with Gasteiger partial charge in [0.05, 0.1) is 5.69 Å². The van der Waals surface area contributed by atoms with Crippen LogP contribution < -0.4 is 11.1 Å². The van der Waals surface area contributed by atoms with Crippen LogP contribution >= 0.6 is 11.3 Å². The molecule has 0 atom stereocenters. The number of nitrogen functional groups attached to an aromatic ring is 1. The van der Waals surface area contributed by atoms with Crippen molar-refractivity contribution in [3.8, 4) is 0 Å². The van der Waals surface area contributed by atoms with Crippen molar-refractivity contribution in [3.05, 3.63) is 15.8 Å². The van der Waals surface area contributed by atoms with Gasteiger partial charge in [-0.25, -0.2) is 0 Å². The molecule has 0 bridgehead atoms. The summed E-state index contributed by atoms with van der Waals surface area (Å²) in [6, 6.07) is 0. The summed E-state index contributed by atoms with van der Waals surface area (Å²) in [5, 5.41) is 4.60. The Hall–Kier alpha value is -1.03. The second-order valence-corrected chi connectivity index (χ2v) is 3.40. The Labute approximate surface area is 75.6 Å². The third-order valence-corrected chi connectivity index (χ3v) is 2.68. The van der Waals surface area contributed by atoms with E-state index in [1.807, 2.05) is 19.2 Å². The van der Waals surface area contributed by atoms with Crippen molar-refractivity contribution in [3.63, 3.8) is 0 Å². The van der Waals surface area contributed by atoms with Crippen LogP contribution in [-0.4, -0.2) is 12.5 Å². The maximum absolute atomic E-state index is 11.3. The molecule has 1 rings (SSSR count). The zero-order valence-corrected chi connectivity index (χ0v) is 7.99. The first kappa shape index (κ1) is 9.06. The number of nitrogens with one attached hydrogen (secondary N) is 1. The van der Waals surface area contributed by atoms with Crippen molar-refractivity contribution in [2.75, 3.05) is 12.3 Å². The van der Waals surface area contributed by atoms with E-state index in [4.69, 9.17) is 5.73 Å². The largest absolute Gasteiger partial charge is 0.397 e. The van der Waals surface area contributed by atoms with Crippen molar-refractivity contribution in [2.24, 2.45) is 0 Å². The number of anilines is 1. The molecule has 0 saturated carbocycles. The molecule has 1 aromatic heterocycles. The van der Waals surface area contributed by atoms with Gasteiger partial charge in [-0.2, -0.15) is 0 Å². The molecule has 1 aromatic rings. The highest BCUT2D eigenvalue weighted by atomic mass is 32.1. The second-order valence-electron chi connectivity index (χ2n) is 2.52. The van der Waals surface area contributed by atoms with Crippen molar-refractivity contribution in [1.82, 2.24) is 5.32 Å². The Morgan fingerprint density at radius 1 is 1.75 bits per heavy atom. The van der Waals surface area contributed by atoms with Crippen LogP contribution in [0.3, 0.4) is 0 Å². The first-order valence-electron chi connectivity index (χ1n) is 3.78. The predicted octanol–water partition coefficient (Wildman–Crippen LogP) is 1.39. The van der Waals surface area contributed by atoms with Gasteiger partial charge in [0.2, 0.25) is 0 Å². The fourth-order valence-corrected chi connectivity index (χ4v) is 1.76. The van der Waals surface area contributed by atoms with Crippen LogP contribution in [0.25, 0.3) is 0 Å². The highest BCUT2D eigenvalue weighted by molar-refractivity contribution is 7.12. The van der Waals surface area contributed by atoms with Gasteiger partial charge in [0.25, 0.3) is 5.91 Å². The van der Waals surface area contributed by atoms with Crippen LogP contribution in [0.5, 0.6) is 0 Å². The predicted molar refractivity (Wildman–Crippen MR) is 51.5 cm³/mol. The Morgan fingerprint density at radius 3 is 2.83 bits per heavy atom. The molecule has 0 radical (unpaired) electrons. The Balaban J connectivity index is 2.88. The molecule has 3 nitrogen and oxygen atoms in total. The summed E-state index contributed by atoms with van der Waals surface area (Å²) in [6.07, 6.45) is 0. The Morgan fingerprint density at radius 2 is 2.42 bits per heavy atom. The van der Waals surface area contributed by atoms with Gasteiger partial charge in [-0.15, -0.1) is 11.3 Å². The molecule has 0 aliphatic rings. The van der Waals surface area contributed by atoms with Gasteiger partial charge in [0.15, 0.2) is 0 Å². The number of thiophene rings is 1. The van der Waals surface area contributed by atoms with E-state index in [-0.39, 0.29) is 5.91 Å². The van der Waals surface area contributed by atoms with Crippen LogP contribution in [0, 0.1) is 6.92 Å². The van der Waals surface area contributed by atoms with E-state index < -0.39 is 0 Å². The highest BCUT2D eigenvalue weighted by Gasteiger charge is 2.11. The molecular formula is C8H12N2OS. The summed E-state index contributed by atoms with van der Waals surface area (Å²) in [6.45, 7) is 4.42. The van der Waals surface area contributed by atoms with Gasteiger partial charge in [-0.3, -0.25) is 4.79 Å². The lowest BCUT2D eigenvalue weighted by Crippen LogP contribution is -2.22. The van der Waals surface area contributed by atoms with E-state index in [0.717, 1.165) is 5.56 Å². The van der Waals surface area contributed by atoms with E-state index in [1.54, 1.807) is 0 Å². The number of carbonyl (C=O) groups is 1. The standard InChI is InChI=1S/C8H12N2OS/c1-3-10-8(11)7-6(9)5(2)4-12-7/h4H,3,9H2,1-2H3,(H,10,11). The molecule has 12 heavy (non-hydrogen) atoms. The average molecular weight is 184 g/mol. The smallest absolute Gasteiger partial charge is 0.263 e. The van der Waals surface area contributed by atoms with Crippen LogP contribution in [-0.2, 0) is 0 Å². The van der Waals surface area contributed by atoms with Crippen LogP contribution in [0.1, 0.15) is 22.2 Å². The molecule has 66 valence electrons. The van der Waals surface area contributed by atoms with Gasteiger partial charge in [0, 0.05) is 6.54 Å². The second kappa shape index (κ2) is 3.58. The summed E-state index contributed by atoms with van der Waals surface area (Å²) >= 11 is 1.39. The molecule has 0 spiro atoms. The summed E-state index contributed by atoms with van der Waals surface area (Å²) in [5.74, 6) is -0.0758. The fraction of sp³-hybridized carbons (Fsp3) is 0.375. The number of carbonyl (C=O) groups excluding carboxylic acids is 1. The van der Waals surface area contributed by atoms with Crippen molar-refractivity contribution >= 4 is 22.9 Å². The Bertz CT molecular complexity index is 293. The molecule has 0 aliphatic heterocycles. The molecule has 1 amide bonds. The normalized spacial score (nSPS) is 9.83. The molecule has 0 aromatic carbocycles. The maximum Gasteiger partial charge on any atom is 0.263 e. The van der Waals surface area contributed by atoms with Gasteiger partial charge >= 0.3 is 0 Å². The molecule has 0 fully saturated rings. The van der Waals surface area contributed by atoms with E-state index >= 15 is 0 Å². The zero-order chi connectivity index (χ0) is 9.14. The number of aryl methyl sites for hydroxylation is 1. The maximum atomic E-state index is 11.3. The SMILES string of the molecule is CCNC(=O)c1scc(C)c1N. The molecule has 0 saturated heterocycles. The summed E-state index contributed by atoms with van der Waals surface area (Å²) in [5.41, 5.74) is 7.26. The lowest BCUT2D eigenvalue weighted by atomic mass is 10.3. The summed E-state index contributed by atoms with van der Waals surface area (Å²) < 4.78 is 0. The van der Waals surface area contributed by atoms with E-state index in [0.29, 0.717) is 17.1 Å². The molecule has 4 heteroatoms. The first-order chi connectivity index (χ1) is 5.66. The summed E-state index contributed by atoms with van der Waals surface area (Å²) in [4.78, 5) is 11.9. The van der Waals surface area contributed by atoms with Gasteiger partial charge in [-0.05, 0) is 24.8 Å². The first-order valence-corrected chi connectivity index (χ1v) is 4.66. The fourth-order valence-electron chi connectivity index (χ4n) is 0.870. The van der Waals surface area contributed by atoms with Crippen molar-refractivity contribution in [2.45, 2.75) is 13.8 Å². The third-order valence-electron chi connectivity index (χ3n) is 1.57. The lowest BCUT2D eigenvalue weighted by molar-refractivity contribution is 0.0960. The van der Waals surface area contributed by atoms with Crippen LogP contribution in [0.15, 0.2) is 5.38 Å². The van der Waals surface area contributed by atoms with Gasteiger partial charge in [0.1, 0.15) is 4.88 Å². The minimum absolute atomic E-state index is 0.0758. The van der Waals surface area contributed by atoms with Crippen molar-refractivity contribution < 1.29 is 4.79 Å². The minimum atomic E-state index is -0.0758. The van der Waals surface area contributed by atoms with E-state index in [1.165, 1.54) is 11.3 Å². The zero-order valence-electron chi connectivity index (χ0n) is 7.18. The molecule has 3 N–H and O–H groups in total. The van der Waals surface area contributed by atoms with E-state index in [2.05, 4.69) is 5.32 Å². The number of rotatable bonds is 2. The number of nitrogens with two attached hydrogens (primary N) is 1.